The number of nitrogens with one attached hydrogen (secondary N) is 3. The molecule has 0 spiro atoms. The molecule has 10 heteroatoms. The summed E-state index contributed by atoms with van der Waals surface area (Å²) in [5.41, 5.74) is 1.45. The highest BCUT2D eigenvalue weighted by Gasteiger charge is 2.17. The van der Waals surface area contributed by atoms with Gasteiger partial charge in [-0.05, 0) is 61.4 Å². The van der Waals surface area contributed by atoms with Crippen molar-refractivity contribution >= 4 is 33.2 Å². The molecule has 1 saturated heterocycles. The van der Waals surface area contributed by atoms with E-state index in [1.165, 1.54) is 31.4 Å². The van der Waals surface area contributed by atoms with Crippen molar-refractivity contribution in [3.8, 4) is 0 Å². The summed E-state index contributed by atoms with van der Waals surface area (Å²) in [4.78, 5) is 24.6. The molecule has 2 aromatic rings. The molecule has 9 nitrogen and oxygen atoms in total. The highest BCUT2D eigenvalue weighted by molar-refractivity contribution is 7.91. The second-order valence-electron chi connectivity index (χ2n) is 7.34. The van der Waals surface area contributed by atoms with Gasteiger partial charge in [0.05, 0.1) is 23.4 Å². The quantitative estimate of drug-likeness (QED) is 0.528. The molecule has 32 heavy (non-hydrogen) atoms. The first kappa shape index (κ1) is 23.7. The average Bonchev–Trinajstić information content (AvgIpc) is 3.31. The molecule has 1 fully saturated rings. The van der Waals surface area contributed by atoms with Gasteiger partial charge < -0.3 is 25.4 Å². The smallest absolute Gasteiger partial charge is 0.319 e. The zero-order valence-corrected chi connectivity index (χ0v) is 18.6. The Kier molecular flexibility index (Phi) is 8.20. The minimum absolute atomic E-state index is 0.0675. The predicted molar refractivity (Wildman–Crippen MR) is 121 cm³/mol. The molecule has 1 atom stereocenters. The molecule has 0 aromatic heterocycles. The van der Waals surface area contributed by atoms with Crippen molar-refractivity contribution < 1.29 is 27.5 Å². The van der Waals surface area contributed by atoms with Crippen LogP contribution < -0.4 is 16.0 Å². The summed E-state index contributed by atoms with van der Waals surface area (Å²) < 4.78 is 34.6. The number of carbonyl (C=O) groups is 2. The molecule has 3 N–H and O–H groups in total. The van der Waals surface area contributed by atoms with Crippen molar-refractivity contribution in [2.24, 2.45) is 0 Å². The molecule has 0 aliphatic carbocycles. The Morgan fingerprint density at radius 2 is 1.69 bits per heavy atom. The van der Waals surface area contributed by atoms with E-state index in [-0.39, 0.29) is 35.3 Å². The van der Waals surface area contributed by atoms with Crippen LogP contribution in [0.15, 0.2) is 53.4 Å². The number of anilines is 2. The summed E-state index contributed by atoms with van der Waals surface area (Å²) in [5, 5.41) is 8.24. The van der Waals surface area contributed by atoms with Crippen molar-refractivity contribution in [3.05, 3.63) is 54.1 Å². The average molecular weight is 462 g/mol. The second-order valence-corrected chi connectivity index (χ2v) is 9.45. The van der Waals surface area contributed by atoms with Crippen molar-refractivity contribution in [1.82, 2.24) is 5.32 Å². The topological polar surface area (TPSA) is 123 Å². The summed E-state index contributed by atoms with van der Waals surface area (Å²) in [5.74, 6) is -0.497. The van der Waals surface area contributed by atoms with Gasteiger partial charge in [0.15, 0.2) is 9.84 Å². The fraction of sp³-hybridized carbons (Fsp3) is 0.364. The minimum atomic E-state index is -3.45. The monoisotopic (exact) mass is 461 g/mol. The zero-order valence-electron chi connectivity index (χ0n) is 17.8. The highest BCUT2D eigenvalue weighted by Crippen LogP contribution is 2.17. The van der Waals surface area contributed by atoms with E-state index in [9.17, 15) is 18.0 Å². The Bertz CT molecular complexity index is 1020. The van der Waals surface area contributed by atoms with Crippen LogP contribution in [0.25, 0.3) is 0 Å². The van der Waals surface area contributed by atoms with Crippen LogP contribution in [0.5, 0.6) is 0 Å². The summed E-state index contributed by atoms with van der Waals surface area (Å²) in [6.07, 6.45) is 2.03. The van der Waals surface area contributed by atoms with E-state index in [4.69, 9.17) is 9.47 Å². The maximum absolute atomic E-state index is 12.4. The first-order chi connectivity index (χ1) is 15.4. The summed E-state index contributed by atoms with van der Waals surface area (Å²) in [6, 6.07) is 12.1. The molecule has 2 aromatic carbocycles. The van der Waals surface area contributed by atoms with E-state index in [0.717, 1.165) is 19.4 Å². The maximum atomic E-state index is 12.4. The van der Waals surface area contributed by atoms with Gasteiger partial charge >= 0.3 is 6.03 Å². The fourth-order valence-electron chi connectivity index (χ4n) is 3.15. The van der Waals surface area contributed by atoms with Crippen LogP contribution in [0.2, 0.25) is 0 Å². The molecular weight excluding hydrogens is 434 g/mol. The Hall–Kier alpha value is -2.95. The van der Waals surface area contributed by atoms with E-state index in [1.807, 2.05) is 0 Å². The second kappa shape index (κ2) is 11.1. The van der Waals surface area contributed by atoms with Gasteiger partial charge in [0.2, 0.25) is 0 Å². The van der Waals surface area contributed by atoms with Gasteiger partial charge in [0, 0.05) is 37.2 Å². The van der Waals surface area contributed by atoms with Crippen LogP contribution in [0.4, 0.5) is 16.2 Å². The molecule has 1 unspecified atom stereocenters. The number of carbonyl (C=O) groups excluding carboxylic acids is 2. The number of benzene rings is 2. The third-order valence-electron chi connectivity index (χ3n) is 4.95. The lowest BCUT2D eigenvalue weighted by molar-refractivity contribution is 0.102. The summed E-state index contributed by atoms with van der Waals surface area (Å²) in [7, 11) is -2.01. The summed E-state index contributed by atoms with van der Waals surface area (Å²) in [6.45, 7) is 1.30. The van der Waals surface area contributed by atoms with E-state index in [0.29, 0.717) is 23.5 Å². The molecule has 1 aliphatic rings. The number of sulfone groups is 1. The Morgan fingerprint density at radius 3 is 2.28 bits per heavy atom. The first-order valence-corrected chi connectivity index (χ1v) is 11.9. The standard InChI is InChI=1S/C22H27N3O6S/c1-30-13-14-32(28,29)20-10-4-16(5-11-20)21(26)24-17-6-8-18(9-7-17)25-22(27)23-15-19-3-2-12-31-19/h4-11,19H,2-3,12-15H2,1H3,(H,24,26)(H2,23,25,27). The number of hydrogen-bond acceptors (Lipinski definition) is 6. The lowest BCUT2D eigenvalue weighted by Crippen LogP contribution is -2.35. The van der Waals surface area contributed by atoms with Crippen molar-refractivity contribution in [2.75, 3.05) is 43.3 Å². The van der Waals surface area contributed by atoms with E-state index in [1.54, 1.807) is 24.3 Å². The molecule has 172 valence electrons. The van der Waals surface area contributed by atoms with Gasteiger partial charge in [-0.2, -0.15) is 0 Å². The number of amides is 3. The largest absolute Gasteiger partial charge is 0.384 e. The van der Waals surface area contributed by atoms with Gasteiger partial charge in [-0.15, -0.1) is 0 Å². The third kappa shape index (κ3) is 6.78. The summed E-state index contributed by atoms with van der Waals surface area (Å²) >= 11 is 0. The molecule has 0 saturated carbocycles. The molecule has 1 heterocycles. The van der Waals surface area contributed by atoms with E-state index in [2.05, 4.69) is 16.0 Å². The number of rotatable bonds is 9. The predicted octanol–water partition coefficient (Wildman–Crippen LogP) is 2.66. The van der Waals surface area contributed by atoms with Gasteiger partial charge in [-0.25, -0.2) is 13.2 Å². The van der Waals surface area contributed by atoms with Crippen LogP contribution in [0, 0.1) is 0 Å². The highest BCUT2D eigenvalue weighted by atomic mass is 32.2. The number of methoxy groups -OCH3 is 1. The lowest BCUT2D eigenvalue weighted by Gasteiger charge is -2.12. The van der Waals surface area contributed by atoms with Crippen LogP contribution in [0.1, 0.15) is 23.2 Å². The Labute approximate surface area is 187 Å². The molecular formula is C22H27N3O6S. The first-order valence-electron chi connectivity index (χ1n) is 10.3. The molecule has 0 radical (unpaired) electrons. The number of ether oxygens (including phenoxy) is 2. The van der Waals surface area contributed by atoms with Crippen molar-refractivity contribution in [3.63, 3.8) is 0 Å². The minimum Gasteiger partial charge on any atom is -0.384 e. The van der Waals surface area contributed by atoms with Crippen molar-refractivity contribution in [1.29, 1.82) is 0 Å². The van der Waals surface area contributed by atoms with E-state index >= 15 is 0 Å². The van der Waals surface area contributed by atoms with Gasteiger partial charge in [-0.1, -0.05) is 0 Å². The Balaban J connectivity index is 1.51. The molecule has 3 rings (SSSR count). The van der Waals surface area contributed by atoms with Crippen LogP contribution in [-0.2, 0) is 19.3 Å². The SMILES string of the molecule is COCCS(=O)(=O)c1ccc(C(=O)Nc2ccc(NC(=O)NCC3CCCO3)cc2)cc1. The zero-order chi connectivity index (χ0) is 23.0. The molecule has 1 aliphatic heterocycles. The molecule has 0 bridgehead atoms. The normalized spacial score (nSPS) is 15.8. The number of hydrogen-bond donors (Lipinski definition) is 3. The lowest BCUT2D eigenvalue weighted by atomic mass is 10.2. The fourth-order valence-corrected chi connectivity index (χ4v) is 4.32. The van der Waals surface area contributed by atoms with Gasteiger partial charge in [0.25, 0.3) is 5.91 Å². The van der Waals surface area contributed by atoms with Crippen LogP contribution in [0.3, 0.4) is 0 Å². The van der Waals surface area contributed by atoms with Crippen LogP contribution >= 0.6 is 0 Å². The third-order valence-corrected chi connectivity index (χ3v) is 6.64. The van der Waals surface area contributed by atoms with Gasteiger partial charge in [0.1, 0.15) is 0 Å². The van der Waals surface area contributed by atoms with Crippen LogP contribution in [-0.4, -0.2) is 59.1 Å². The molecule has 3 amide bonds. The number of urea groups is 1. The Morgan fingerprint density at radius 1 is 1.03 bits per heavy atom. The van der Waals surface area contributed by atoms with E-state index < -0.39 is 9.84 Å². The van der Waals surface area contributed by atoms with Crippen molar-refractivity contribution in [2.45, 2.75) is 23.8 Å². The maximum Gasteiger partial charge on any atom is 0.319 e. The van der Waals surface area contributed by atoms with Gasteiger partial charge in [-0.3, -0.25) is 4.79 Å².